The van der Waals surface area contributed by atoms with Crippen LogP contribution in [-0.2, 0) is 14.8 Å². The number of nitrogens with zero attached hydrogens (tertiary/aromatic N) is 1. The molecular formula is C12H18N2O3S3. The molecule has 8 heteroatoms. The summed E-state index contributed by atoms with van der Waals surface area (Å²) in [6.07, 6.45) is 1.99. The standard InChI is InChI=1S/C12H18N2O3S3/c1-14(7-9-3-2-6-17-8-9)20(15,16)11-5-4-10(19-11)12(13)18/h4-5,9H,2-3,6-8H2,1H3,(H2,13,18). The van der Waals surface area contributed by atoms with Crippen LogP contribution in [0.3, 0.4) is 0 Å². The van der Waals surface area contributed by atoms with Gasteiger partial charge >= 0.3 is 0 Å². The second-order valence-corrected chi connectivity index (χ2v) is 8.65. The summed E-state index contributed by atoms with van der Waals surface area (Å²) >= 11 is 5.97. The van der Waals surface area contributed by atoms with Crippen LogP contribution >= 0.6 is 23.6 Å². The van der Waals surface area contributed by atoms with Crippen molar-refractivity contribution in [2.45, 2.75) is 17.1 Å². The van der Waals surface area contributed by atoms with Crippen LogP contribution < -0.4 is 5.73 Å². The first-order valence-electron chi connectivity index (χ1n) is 6.35. The molecule has 20 heavy (non-hydrogen) atoms. The Morgan fingerprint density at radius 1 is 1.60 bits per heavy atom. The van der Waals surface area contributed by atoms with E-state index in [2.05, 4.69) is 0 Å². The zero-order valence-electron chi connectivity index (χ0n) is 11.2. The molecule has 0 aromatic carbocycles. The Morgan fingerprint density at radius 3 is 2.90 bits per heavy atom. The molecule has 0 aliphatic carbocycles. The van der Waals surface area contributed by atoms with E-state index >= 15 is 0 Å². The van der Waals surface area contributed by atoms with Crippen LogP contribution in [0.15, 0.2) is 16.3 Å². The maximum Gasteiger partial charge on any atom is 0.252 e. The third-order valence-electron chi connectivity index (χ3n) is 3.26. The number of hydrogen-bond acceptors (Lipinski definition) is 5. The predicted octanol–water partition coefficient (Wildman–Crippen LogP) is 1.43. The lowest BCUT2D eigenvalue weighted by molar-refractivity contribution is 0.0495. The fourth-order valence-corrected chi connectivity index (χ4v) is 4.97. The van der Waals surface area contributed by atoms with Gasteiger partial charge in [0.2, 0.25) is 0 Å². The van der Waals surface area contributed by atoms with Gasteiger partial charge in [-0.15, -0.1) is 11.3 Å². The molecule has 0 saturated carbocycles. The van der Waals surface area contributed by atoms with E-state index in [1.54, 1.807) is 19.2 Å². The van der Waals surface area contributed by atoms with Crippen molar-refractivity contribution in [1.29, 1.82) is 0 Å². The van der Waals surface area contributed by atoms with Gasteiger partial charge in [-0.3, -0.25) is 0 Å². The van der Waals surface area contributed by atoms with Crippen molar-refractivity contribution < 1.29 is 13.2 Å². The molecule has 1 atom stereocenters. The number of thiophene rings is 1. The third kappa shape index (κ3) is 3.56. The van der Waals surface area contributed by atoms with Crippen LogP contribution in [-0.4, -0.2) is 44.5 Å². The van der Waals surface area contributed by atoms with Gasteiger partial charge in [0.25, 0.3) is 10.0 Å². The van der Waals surface area contributed by atoms with E-state index in [1.807, 2.05) is 0 Å². The van der Waals surface area contributed by atoms with E-state index < -0.39 is 10.0 Å². The minimum absolute atomic E-state index is 0.222. The van der Waals surface area contributed by atoms with Crippen LogP contribution in [0.1, 0.15) is 17.7 Å². The monoisotopic (exact) mass is 334 g/mol. The van der Waals surface area contributed by atoms with Crippen molar-refractivity contribution in [3.63, 3.8) is 0 Å². The molecule has 1 aliphatic rings. The average molecular weight is 334 g/mol. The summed E-state index contributed by atoms with van der Waals surface area (Å²) in [5.41, 5.74) is 5.51. The van der Waals surface area contributed by atoms with Crippen molar-refractivity contribution in [2.24, 2.45) is 11.7 Å². The number of thiocarbonyl (C=S) groups is 1. The molecule has 0 amide bonds. The number of nitrogens with two attached hydrogens (primary N) is 1. The predicted molar refractivity (Wildman–Crippen MR) is 83.6 cm³/mol. The molecule has 1 unspecified atom stereocenters. The van der Waals surface area contributed by atoms with Gasteiger partial charge in [0, 0.05) is 20.2 Å². The SMILES string of the molecule is CN(CC1CCCOC1)S(=O)(=O)c1ccc(C(N)=S)s1. The Morgan fingerprint density at radius 2 is 2.35 bits per heavy atom. The van der Waals surface area contributed by atoms with E-state index in [1.165, 1.54) is 4.31 Å². The molecule has 1 aromatic heterocycles. The molecule has 1 fully saturated rings. The molecule has 1 saturated heterocycles. The number of rotatable bonds is 5. The molecule has 1 aromatic rings. The Bertz CT molecular complexity index is 577. The molecule has 112 valence electrons. The summed E-state index contributed by atoms with van der Waals surface area (Å²) in [7, 11) is -1.87. The molecule has 0 radical (unpaired) electrons. The highest BCUT2D eigenvalue weighted by molar-refractivity contribution is 7.91. The van der Waals surface area contributed by atoms with Gasteiger partial charge in [0.1, 0.15) is 9.20 Å². The van der Waals surface area contributed by atoms with Crippen molar-refractivity contribution in [3.8, 4) is 0 Å². The van der Waals surface area contributed by atoms with Crippen LogP contribution in [0.5, 0.6) is 0 Å². The maximum atomic E-state index is 12.5. The van der Waals surface area contributed by atoms with Gasteiger partial charge in [-0.25, -0.2) is 8.42 Å². The molecule has 0 spiro atoms. The van der Waals surface area contributed by atoms with Gasteiger partial charge in [0.05, 0.1) is 11.5 Å². The zero-order chi connectivity index (χ0) is 14.8. The van der Waals surface area contributed by atoms with Crippen molar-refractivity contribution in [2.75, 3.05) is 26.8 Å². The number of ether oxygens (including phenoxy) is 1. The van der Waals surface area contributed by atoms with Crippen LogP contribution in [0.4, 0.5) is 0 Å². The molecule has 2 N–H and O–H groups in total. The van der Waals surface area contributed by atoms with Gasteiger partial charge in [0.15, 0.2) is 0 Å². The molecule has 1 aliphatic heterocycles. The summed E-state index contributed by atoms with van der Waals surface area (Å²) < 4.78 is 32.0. The third-order valence-corrected chi connectivity index (χ3v) is 7.02. The Kier molecular flexibility index (Phi) is 5.14. The second kappa shape index (κ2) is 6.48. The maximum absolute atomic E-state index is 12.5. The summed E-state index contributed by atoms with van der Waals surface area (Å²) in [5.74, 6) is 0.263. The quantitative estimate of drug-likeness (QED) is 0.825. The van der Waals surface area contributed by atoms with Gasteiger partial charge in [-0.1, -0.05) is 12.2 Å². The van der Waals surface area contributed by atoms with Crippen molar-refractivity contribution >= 4 is 38.6 Å². The fraction of sp³-hybridized carbons (Fsp3) is 0.583. The van der Waals surface area contributed by atoms with E-state index in [4.69, 9.17) is 22.7 Å². The lowest BCUT2D eigenvalue weighted by Gasteiger charge is -2.26. The summed E-state index contributed by atoms with van der Waals surface area (Å²) in [6.45, 7) is 1.88. The van der Waals surface area contributed by atoms with E-state index in [9.17, 15) is 8.42 Å². The zero-order valence-corrected chi connectivity index (χ0v) is 13.7. The van der Waals surface area contributed by atoms with E-state index in [0.717, 1.165) is 30.8 Å². The molecule has 2 heterocycles. The minimum Gasteiger partial charge on any atom is -0.389 e. The molecular weight excluding hydrogens is 316 g/mol. The lowest BCUT2D eigenvalue weighted by atomic mass is 10.0. The van der Waals surface area contributed by atoms with Crippen LogP contribution in [0, 0.1) is 5.92 Å². The fourth-order valence-electron chi connectivity index (χ4n) is 2.16. The molecule has 2 rings (SSSR count). The highest BCUT2D eigenvalue weighted by Gasteiger charge is 2.26. The van der Waals surface area contributed by atoms with Gasteiger partial charge in [-0.05, 0) is 30.9 Å². The summed E-state index contributed by atoms with van der Waals surface area (Å²) in [6, 6.07) is 3.21. The highest BCUT2D eigenvalue weighted by Crippen LogP contribution is 2.25. The first kappa shape index (κ1) is 15.8. The van der Waals surface area contributed by atoms with Crippen LogP contribution in [0.25, 0.3) is 0 Å². The number of hydrogen-bond donors (Lipinski definition) is 1. The molecule has 0 bridgehead atoms. The summed E-state index contributed by atoms with van der Waals surface area (Å²) in [4.78, 5) is 0.841. The van der Waals surface area contributed by atoms with Gasteiger partial charge < -0.3 is 10.5 Å². The Balaban J connectivity index is 2.09. The highest BCUT2D eigenvalue weighted by atomic mass is 32.2. The smallest absolute Gasteiger partial charge is 0.252 e. The summed E-state index contributed by atoms with van der Waals surface area (Å²) in [5, 5.41) is 0. The Hall–Kier alpha value is -0.540. The van der Waals surface area contributed by atoms with E-state index in [-0.39, 0.29) is 15.1 Å². The van der Waals surface area contributed by atoms with E-state index in [0.29, 0.717) is 18.0 Å². The Labute approximate surface area is 128 Å². The first-order chi connectivity index (χ1) is 9.41. The van der Waals surface area contributed by atoms with Crippen molar-refractivity contribution in [3.05, 3.63) is 17.0 Å². The second-order valence-electron chi connectivity index (χ2n) is 4.85. The largest absolute Gasteiger partial charge is 0.389 e. The lowest BCUT2D eigenvalue weighted by Crippen LogP contribution is -2.34. The minimum atomic E-state index is -3.47. The average Bonchev–Trinajstić information content (AvgIpc) is 2.90. The van der Waals surface area contributed by atoms with Crippen molar-refractivity contribution in [1.82, 2.24) is 4.31 Å². The number of sulfonamides is 1. The first-order valence-corrected chi connectivity index (χ1v) is 9.01. The molecule has 5 nitrogen and oxygen atoms in total. The topological polar surface area (TPSA) is 72.6 Å². The van der Waals surface area contributed by atoms with Crippen LogP contribution in [0.2, 0.25) is 0 Å². The van der Waals surface area contributed by atoms with Gasteiger partial charge in [-0.2, -0.15) is 4.31 Å². The normalized spacial score (nSPS) is 20.2.